The van der Waals surface area contributed by atoms with Crippen LogP contribution in [0.15, 0.2) is 207 Å². The van der Waals surface area contributed by atoms with Gasteiger partial charge in [-0.15, -0.1) is 0 Å². The Bertz CT molecular complexity index is 2200. The molecule has 6 aromatic carbocycles. The maximum Gasteiger partial charge on any atom is 0.0892 e. The fourth-order valence-electron chi connectivity index (χ4n) is 6.44. The van der Waals surface area contributed by atoms with Gasteiger partial charge in [-0.3, -0.25) is 9.97 Å². The topological polar surface area (TPSA) is 32.3 Å². The van der Waals surface area contributed by atoms with Gasteiger partial charge < -0.3 is 9.80 Å². The van der Waals surface area contributed by atoms with Crippen LogP contribution >= 0.6 is 0 Å². The second-order valence-electron chi connectivity index (χ2n) is 12.8. The van der Waals surface area contributed by atoms with Crippen LogP contribution in [0, 0.1) is 0 Å². The quantitative estimate of drug-likeness (QED) is 0.135. The highest BCUT2D eigenvalue weighted by Crippen LogP contribution is 2.35. The van der Waals surface area contributed by atoms with E-state index in [1.165, 1.54) is 0 Å². The molecule has 2 heterocycles. The summed E-state index contributed by atoms with van der Waals surface area (Å²) < 4.78 is 0. The third-order valence-electron chi connectivity index (χ3n) is 9.13. The van der Waals surface area contributed by atoms with Crippen LogP contribution in [0.2, 0.25) is 0 Å². The average Bonchev–Trinajstić information content (AvgIpc) is 3.25. The van der Waals surface area contributed by atoms with Crippen LogP contribution in [-0.2, 0) is 0 Å². The largest absolute Gasteiger partial charge is 0.311 e. The van der Waals surface area contributed by atoms with Gasteiger partial charge in [-0.05, 0) is 119 Å². The smallest absolute Gasteiger partial charge is 0.0892 e. The minimum Gasteiger partial charge on any atom is -0.311 e. The van der Waals surface area contributed by atoms with E-state index in [4.69, 9.17) is 0 Å². The van der Waals surface area contributed by atoms with E-state index in [9.17, 15) is 0 Å². The van der Waals surface area contributed by atoms with Crippen LogP contribution in [0.1, 0.15) is 22.3 Å². The summed E-state index contributed by atoms with van der Waals surface area (Å²) in [5.41, 5.74) is 12.7. The minimum atomic E-state index is 0.829. The molecule has 258 valence electrons. The molecule has 0 saturated heterocycles. The van der Waals surface area contributed by atoms with Crippen molar-refractivity contribution >= 4 is 58.4 Å². The Morgan fingerprint density at radius 2 is 0.556 bits per heavy atom. The third kappa shape index (κ3) is 8.09. The van der Waals surface area contributed by atoms with E-state index in [1.54, 1.807) is 0 Å². The normalized spacial score (nSPS) is 11.2. The Labute approximate surface area is 317 Å². The van der Waals surface area contributed by atoms with Crippen molar-refractivity contribution in [2.75, 3.05) is 9.80 Å². The second kappa shape index (κ2) is 16.4. The van der Waals surface area contributed by atoms with Crippen molar-refractivity contribution in [1.82, 2.24) is 9.97 Å². The zero-order valence-electron chi connectivity index (χ0n) is 29.7. The van der Waals surface area contributed by atoms with E-state index in [0.717, 1.165) is 67.8 Å². The van der Waals surface area contributed by atoms with Crippen molar-refractivity contribution in [3.8, 4) is 11.4 Å². The molecule has 8 aromatic rings. The van der Waals surface area contributed by atoms with E-state index >= 15 is 0 Å². The molecule has 0 aliphatic carbocycles. The molecule has 0 radical (unpaired) electrons. The summed E-state index contributed by atoms with van der Waals surface area (Å²) in [5.74, 6) is 0. The zero-order valence-corrected chi connectivity index (χ0v) is 29.7. The van der Waals surface area contributed by atoms with E-state index in [0.29, 0.717) is 0 Å². The lowest BCUT2D eigenvalue weighted by atomic mass is 10.1. The third-order valence-corrected chi connectivity index (χ3v) is 9.13. The Morgan fingerprint density at radius 1 is 0.278 bits per heavy atom. The number of pyridine rings is 2. The van der Waals surface area contributed by atoms with Gasteiger partial charge in [0.05, 0.1) is 11.4 Å². The highest BCUT2D eigenvalue weighted by molar-refractivity contribution is 5.80. The maximum atomic E-state index is 4.66. The van der Waals surface area contributed by atoms with Gasteiger partial charge in [-0.25, -0.2) is 0 Å². The number of para-hydroxylation sites is 4. The molecular formula is C50H38N4. The number of anilines is 6. The lowest BCUT2D eigenvalue weighted by molar-refractivity contribution is 1.24. The molecule has 0 saturated carbocycles. The van der Waals surface area contributed by atoms with Crippen molar-refractivity contribution in [1.29, 1.82) is 0 Å². The molecule has 4 heteroatoms. The Balaban J connectivity index is 0.962. The highest BCUT2D eigenvalue weighted by Gasteiger charge is 2.13. The molecule has 0 unspecified atom stereocenters. The first-order valence-corrected chi connectivity index (χ1v) is 18.1. The van der Waals surface area contributed by atoms with E-state index in [1.807, 2.05) is 48.8 Å². The number of hydrogen-bond donors (Lipinski definition) is 0. The fraction of sp³-hybridized carbons (Fsp3) is 0. The maximum absolute atomic E-state index is 4.66. The fourth-order valence-corrected chi connectivity index (χ4v) is 6.44. The molecule has 8 rings (SSSR count). The Morgan fingerprint density at radius 3 is 0.870 bits per heavy atom. The van der Waals surface area contributed by atoms with Crippen molar-refractivity contribution in [3.63, 3.8) is 0 Å². The van der Waals surface area contributed by atoms with Gasteiger partial charge >= 0.3 is 0 Å². The molecule has 2 aromatic heterocycles. The predicted molar refractivity (Wildman–Crippen MR) is 228 cm³/mol. The second-order valence-corrected chi connectivity index (χ2v) is 12.8. The summed E-state index contributed by atoms with van der Waals surface area (Å²) in [6.07, 6.45) is 12.2. The molecular weight excluding hydrogens is 657 g/mol. The van der Waals surface area contributed by atoms with Crippen molar-refractivity contribution in [2.24, 2.45) is 0 Å². The van der Waals surface area contributed by atoms with Crippen LogP contribution in [0.4, 0.5) is 34.1 Å². The number of hydrogen-bond acceptors (Lipinski definition) is 4. The molecule has 0 bridgehead atoms. The van der Waals surface area contributed by atoms with Crippen LogP contribution in [0.5, 0.6) is 0 Å². The number of aromatic nitrogens is 2. The Hall–Kier alpha value is -7.30. The number of benzene rings is 6. The first-order valence-electron chi connectivity index (χ1n) is 18.1. The van der Waals surface area contributed by atoms with Crippen molar-refractivity contribution < 1.29 is 0 Å². The summed E-state index contributed by atoms with van der Waals surface area (Å²) in [5, 5.41) is 0. The standard InChI is InChI=1S/C50H38N4/c1-5-13-43(14-6-1)53(44-15-7-2-8-16-44)47-29-25-39(26-30-47)21-23-41-33-35-51-49(37-41)50-38-42(34-36-52-50)24-22-40-27-31-48(32-28-40)54(45-17-9-3-10-18-45)46-19-11-4-12-20-46/h1-38H. The minimum absolute atomic E-state index is 0.829. The SMILES string of the molecule is C(=Cc1ccnc(-c2cc(C=Cc3ccc(N(c4ccccc4)c4ccccc4)cc3)ccn2)c1)c1ccc(N(c2ccccc2)c2ccccc2)cc1. The van der Waals surface area contributed by atoms with E-state index < -0.39 is 0 Å². The summed E-state index contributed by atoms with van der Waals surface area (Å²) in [6.45, 7) is 0. The van der Waals surface area contributed by atoms with Gasteiger partial charge in [0.25, 0.3) is 0 Å². The van der Waals surface area contributed by atoms with Gasteiger partial charge in [-0.2, -0.15) is 0 Å². The lowest BCUT2D eigenvalue weighted by Crippen LogP contribution is -2.09. The number of nitrogens with zero attached hydrogens (tertiary/aromatic N) is 4. The van der Waals surface area contributed by atoms with Crippen LogP contribution in [-0.4, -0.2) is 9.97 Å². The van der Waals surface area contributed by atoms with Crippen LogP contribution in [0.3, 0.4) is 0 Å². The van der Waals surface area contributed by atoms with Crippen LogP contribution in [0.25, 0.3) is 35.7 Å². The molecule has 0 aliphatic heterocycles. The summed E-state index contributed by atoms with van der Waals surface area (Å²) in [7, 11) is 0. The first-order chi connectivity index (χ1) is 26.8. The van der Waals surface area contributed by atoms with Crippen molar-refractivity contribution in [3.05, 3.63) is 229 Å². The van der Waals surface area contributed by atoms with Gasteiger partial charge in [0.1, 0.15) is 0 Å². The number of rotatable bonds is 11. The predicted octanol–water partition coefficient (Wildman–Crippen LogP) is 13.4. The molecule has 0 amide bonds. The zero-order chi connectivity index (χ0) is 36.4. The summed E-state index contributed by atoms with van der Waals surface area (Å²) in [4.78, 5) is 13.8. The van der Waals surface area contributed by atoms with Crippen LogP contribution < -0.4 is 9.80 Å². The lowest BCUT2D eigenvalue weighted by Gasteiger charge is -2.25. The van der Waals surface area contributed by atoms with Gasteiger partial charge in [0, 0.05) is 46.5 Å². The van der Waals surface area contributed by atoms with Crippen molar-refractivity contribution in [2.45, 2.75) is 0 Å². The molecule has 0 spiro atoms. The summed E-state index contributed by atoms with van der Waals surface area (Å²) in [6, 6.07) is 67.3. The summed E-state index contributed by atoms with van der Waals surface area (Å²) >= 11 is 0. The van der Waals surface area contributed by atoms with Gasteiger partial charge in [0.15, 0.2) is 0 Å². The molecule has 0 aliphatic rings. The molecule has 0 atom stereocenters. The van der Waals surface area contributed by atoms with Gasteiger partial charge in [0.2, 0.25) is 0 Å². The average molecular weight is 695 g/mol. The van der Waals surface area contributed by atoms with E-state index in [2.05, 4.69) is 202 Å². The van der Waals surface area contributed by atoms with Gasteiger partial charge in [-0.1, -0.05) is 121 Å². The highest BCUT2D eigenvalue weighted by atomic mass is 15.1. The molecule has 54 heavy (non-hydrogen) atoms. The van der Waals surface area contributed by atoms with E-state index in [-0.39, 0.29) is 0 Å². The molecule has 0 N–H and O–H groups in total. The molecule has 4 nitrogen and oxygen atoms in total. The molecule has 0 fully saturated rings. The Kier molecular flexibility index (Phi) is 10.2. The first kappa shape index (κ1) is 33.8. The monoisotopic (exact) mass is 694 g/mol.